The molecule has 0 unspecified atom stereocenters. The number of aryl methyl sites for hydroxylation is 1. The number of hydrogen-bond donors (Lipinski definition) is 0. The van der Waals surface area contributed by atoms with E-state index in [1.54, 1.807) is 30.2 Å². The Morgan fingerprint density at radius 1 is 1.08 bits per heavy atom. The molecule has 0 atom stereocenters. The number of benzene rings is 1. The molecule has 0 radical (unpaired) electrons. The van der Waals surface area contributed by atoms with Gasteiger partial charge in [0.25, 0.3) is 0 Å². The zero-order valence-electron chi connectivity index (χ0n) is 13.6. The molecule has 1 saturated heterocycles. The molecule has 1 fully saturated rings. The van der Waals surface area contributed by atoms with Gasteiger partial charge in [-0.1, -0.05) is 0 Å². The lowest BCUT2D eigenvalue weighted by molar-refractivity contribution is -0.137. The summed E-state index contributed by atoms with van der Waals surface area (Å²) in [6.07, 6.45) is -2.82. The highest BCUT2D eigenvalue weighted by Gasteiger charge is 2.36. The summed E-state index contributed by atoms with van der Waals surface area (Å²) in [5.74, 6) is 1.44. The van der Waals surface area contributed by atoms with Crippen LogP contribution < -0.4 is 9.80 Å². The lowest BCUT2D eigenvalue weighted by Crippen LogP contribution is -2.47. The topological polar surface area (TPSA) is 56.1 Å². The van der Waals surface area contributed by atoms with Gasteiger partial charge in [0.15, 0.2) is 0 Å². The lowest BCUT2D eigenvalue weighted by atomic mass is 10.1. The third-order valence-electron chi connectivity index (χ3n) is 4.14. The molecule has 1 aliphatic heterocycles. The molecule has 130 valence electrons. The minimum absolute atomic E-state index is 0.00571. The van der Waals surface area contributed by atoms with Crippen molar-refractivity contribution in [3.8, 4) is 6.07 Å². The molecule has 0 spiro atoms. The number of nitriles is 1. The van der Waals surface area contributed by atoms with Crippen molar-refractivity contribution >= 4 is 11.5 Å². The summed E-state index contributed by atoms with van der Waals surface area (Å²) in [6.45, 7) is 3.81. The normalized spacial score (nSPS) is 15.2. The molecule has 0 amide bonds. The van der Waals surface area contributed by atoms with Gasteiger partial charge in [0.05, 0.1) is 17.2 Å². The van der Waals surface area contributed by atoms with E-state index in [9.17, 15) is 13.2 Å². The van der Waals surface area contributed by atoms with Crippen LogP contribution in [0.2, 0.25) is 0 Å². The van der Waals surface area contributed by atoms with Gasteiger partial charge in [-0.3, -0.25) is 0 Å². The second kappa shape index (κ2) is 6.59. The minimum atomic E-state index is -4.50. The number of alkyl halides is 3. The first-order chi connectivity index (χ1) is 11.9. The van der Waals surface area contributed by atoms with E-state index in [0.717, 1.165) is 11.9 Å². The molecule has 8 heteroatoms. The van der Waals surface area contributed by atoms with E-state index < -0.39 is 11.7 Å². The van der Waals surface area contributed by atoms with Crippen LogP contribution in [0.25, 0.3) is 0 Å². The fraction of sp³-hybridized carbons (Fsp3) is 0.353. The summed E-state index contributed by atoms with van der Waals surface area (Å²) >= 11 is 0. The Kier molecular flexibility index (Phi) is 4.49. The highest BCUT2D eigenvalue weighted by Crippen LogP contribution is 2.37. The van der Waals surface area contributed by atoms with E-state index in [1.807, 2.05) is 4.90 Å². The van der Waals surface area contributed by atoms with Gasteiger partial charge in [-0.25, -0.2) is 9.97 Å². The molecule has 0 N–H and O–H groups in total. The van der Waals surface area contributed by atoms with Crippen LogP contribution in [0, 0.1) is 18.3 Å². The second-order valence-corrected chi connectivity index (χ2v) is 5.78. The molecule has 1 aliphatic rings. The predicted octanol–water partition coefficient (Wildman–Crippen LogP) is 3.00. The third-order valence-corrected chi connectivity index (χ3v) is 4.14. The molecular formula is C17H16F3N5. The molecule has 0 saturated carbocycles. The van der Waals surface area contributed by atoms with Crippen molar-refractivity contribution in [2.24, 2.45) is 0 Å². The first-order valence-corrected chi connectivity index (χ1v) is 7.79. The van der Waals surface area contributed by atoms with Gasteiger partial charge in [-0.15, -0.1) is 0 Å². The van der Waals surface area contributed by atoms with Crippen LogP contribution in [0.15, 0.2) is 30.5 Å². The van der Waals surface area contributed by atoms with Gasteiger partial charge in [-0.2, -0.15) is 18.4 Å². The van der Waals surface area contributed by atoms with E-state index >= 15 is 0 Å². The SMILES string of the molecule is Cc1nccc(N2CCN(c3ccc(C#N)cc3C(F)(F)F)CC2)n1. The zero-order valence-corrected chi connectivity index (χ0v) is 13.6. The molecule has 5 nitrogen and oxygen atoms in total. The van der Waals surface area contributed by atoms with E-state index in [-0.39, 0.29) is 11.3 Å². The van der Waals surface area contributed by atoms with E-state index in [0.29, 0.717) is 32.0 Å². The summed E-state index contributed by atoms with van der Waals surface area (Å²) in [5.41, 5.74) is -0.644. The highest BCUT2D eigenvalue weighted by atomic mass is 19.4. The van der Waals surface area contributed by atoms with Crippen molar-refractivity contribution in [3.63, 3.8) is 0 Å². The van der Waals surface area contributed by atoms with Crippen molar-refractivity contribution in [2.75, 3.05) is 36.0 Å². The fourth-order valence-corrected chi connectivity index (χ4v) is 2.90. The van der Waals surface area contributed by atoms with Crippen molar-refractivity contribution in [3.05, 3.63) is 47.4 Å². The maximum absolute atomic E-state index is 13.3. The number of nitrogens with zero attached hydrogens (tertiary/aromatic N) is 5. The largest absolute Gasteiger partial charge is 0.418 e. The smallest absolute Gasteiger partial charge is 0.367 e. The molecule has 1 aromatic carbocycles. The number of anilines is 2. The Balaban J connectivity index is 1.80. The summed E-state index contributed by atoms with van der Waals surface area (Å²) in [5, 5.41) is 8.86. The minimum Gasteiger partial charge on any atom is -0.367 e. The van der Waals surface area contributed by atoms with Gasteiger partial charge >= 0.3 is 6.18 Å². The van der Waals surface area contributed by atoms with Crippen molar-refractivity contribution in [1.82, 2.24) is 9.97 Å². The van der Waals surface area contributed by atoms with Crippen LogP contribution >= 0.6 is 0 Å². The van der Waals surface area contributed by atoms with Crippen LogP contribution in [0.5, 0.6) is 0 Å². The molecule has 3 rings (SSSR count). The first-order valence-electron chi connectivity index (χ1n) is 7.79. The van der Waals surface area contributed by atoms with Crippen LogP contribution in [0.3, 0.4) is 0 Å². The van der Waals surface area contributed by atoms with Gasteiger partial charge in [-0.05, 0) is 31.2 Å². The van der Waals surface area contributed by atoms with Crippen molar-refractivity contribution in [1.29, 1.82) is 5.26 Å². The van der Waals surface area contributed by atoms with Gasteiger partial charge in [0.1, 0.15) is 11.6 Å². The average Bonchev–Trinajstić information content (AvgIpc) is 2.60. The van der Waals surface area contributed by atoms with Gasteiger partial charge in [0.2, 0.25) is 0 Å². The lowest BCUT2D eigenvalue weighted by Gasteiger charge is -2.37. The Labute approximate surface area is 143 Å². The number of halogens is 3. The molecule has 0 bridgehead atoms. The van der Waals surface area contributed by atoms with E-state index in [2.05, 4.69) is 9.97 Å². The maximum Gasteiger partial charge on any atom is 0.418 e. The standard InChI is InChI=1S/C17H16F3N5/c1-12-22-5-4-16(23-12)25-8-6-24(7-9-25)15-3-2-13(11-21)10-14(15)17(18,19)20/h2-5,10H,6-9H2,1H3. The third kappa shape index (κ3) is 3.65. The molecule has 25 heavy (non-hydrogen) atoms. The number of hydrogen-bond acceptors (Lipinski definition) is 5. The van der Waals surface area contributed by atoms with Crippen LogP contribution in [0.1, 0.15) is 17.0 Å². The monoisotopic (exact) mass is 347 g/mol. The van der Waals surface area contributed by atoms with Gasteiger partial charge < -0.3 is 9.80 Å². The van der Waals surface area contributed by atoms with Crippen LogP contribution in [-0.4, -0.2) is 36.1 Å². The quantitative estimate of drug-likeness (QED) is 0.836. The Morgan fingerprint density at radius 2 is 1.76 bits per heavy atom. The average molecular weight is 347 g/mol. The molecule has 2 heterocycles. The molecule has 0 aliphatic carbocycles. The summed E-state index contributed by atoms with van der Waals surface area (Å²) in [7, 11) is 0. The van der Waals surface area contributed by atoms with Crippen LogP contribution in [-0.2, 0) is 6.18 Å². The second-order valence-electron chi connectivity index (χ2n) is 5.78. The predicted molar refractivity (Wildman–Crippen MR) is 87.4 cm³/mol. The van der Waals surface area contributed by atoms with Gasteiger partial charge in [0, 0.05) is 38.1 Å². The first kappa shape index (κ1) is 17.0. The van der Waals surface area contributed by atoms with Crippen molar-refractivity contribution in [2.45, 2.75) is 13.1 Å². The summed E-state index contributed by atoms with van der Waals surface area (Å²) < 4.78 is 40.0. The molecular weight excluding hydrogens is 331 g/mol. The molecule has 2 aromatic rings. The Hall–Kier alpha value is -2.82. The number of rotatable bonds is 2. The number of aromatic nitrogens is 2. The zero-order chi connectivity index (χ0) is 18.0. The Bertz CT molecular complexity index is 805. The number of piperazine rings is 1. The maximum atomic E-state index is 13.3. The van der Waals surface area contributed by atoms with E-state index in [1.165, 1.54) is 12.1 Å². The summed E-state index contributed by atoms with van der Waals surface area (Å²) in [4.78, 5) is 12.1. The van der Waals surface area contributed by atoms with Crippen LogP contribution in [0.4, 0.5) is 24.7 Å². The highest BCUT2D eigenvalue weighted by molar-refractivity contribution is 5.59. The molecule has 1 aromatic heterocycles. The van der Waals surface area contributed by atoms with Crippen molar-refractivity contribution < 1.29 is 13.2 Å². The van der Waals surface area contributed by atoms with E-state index in [4.69, 9.17) is 5.26 Å². The fourth-order valence-electron chi connectivity index (χ4n) is 2.90. The Morgan fingerprint density at radius 3 is 2.36 bits per heavy atom. The summed E-state index contributed by atoms with van der Waals surface area (Å²) in [6, 6.07) is 7.27.